The molecule has 29 heavy (non-hydrogen) atoms. The minimum Gasteiger partial charge on any atom is -0.444 e. The van der Waals surface area contributed by atoms with E-state index in [4.69, 9.17) is 4.42 Å². The Kier molecular flexibility index (Phi) is 4.24. The van der Waals surface area contributed by atoms with Gasteiger partial charge in [-0.25, -0.2) is 4.98 Å². The zero-order chi connectivity index (χ0) is 19.8. The highest BCUT2D eigenvalue weighted by Gasteiger charge is 2.31. The second kappa shape index (κ2) is 7.05. The van der Waals surface area contributed by atoms with E-state index in [1.54, 1.807) is 4.68 Å². The number of aryl methyl sites for hydroxylation is 1. The molecule has 1 aliphatic rings. The molecule has 4 aromatic rings. The Bertz CT molecular complexity index is 1160. The van der Waals surface area contributed by atoms with Crippen molar-refractivity contribution in [1.82, 2.24) is 19.7 Å². The smallest absolute Gasteiger partial charge is 0.276 e. The maximum atomic E-state index is 13.2. The topological polar surface area (TPSA) is 64.2 Å². The molecule has 1 aliphatic heterocycles. The van der Waals surface area contributed by atoms with Gasteiger partial charge in [-0.1, -0.05) is 42.5 Å². The van der Waals surface area contributed by atoms with E-state index < -0.39 is 0 Å². The van der Waals surface area contributed by atoms with E-state index in [0.29, 0.717) is 24.7 Å². The predicted molar refractivity (Wildman–Crippen MR) is 108 cm³/mol. The molecule has 0 spiro atoms. The van der Waals surface area contributed by atoms with E-state index >= 15 is 0 Å². The van der Waals surface area contributed by atoms with Crippen LogP contribution in [0, 0.1) is 0 Å². The van der Waals surface area contributed by atoms with E-state index in [-0.39, 0.29) is 11.8 Å². The van der Waals surface area contributed by atoms with E-state index in [0.717, 1.165) is 16.7 Å². The Balaban J connectivity index is 1.46. The zero-order valence-corrected chi connectivity index (χ0v) is 16.0. The molecule has 1 unspecified atom stereocenters. The molecular formula is C23H20N4O2. The average Bonchev–Trinajstić information content (AvgIpc) is 3.42. The molecule has 6 heteroatoms. The van der Waals surface area contributed by atoms with Gasteiger partial charge in [-0.3, -0.25) is 9.48 Å². The van der Waals surface area contributed by atoms with Gasteiger partial charge in [-0.15, -0.1) is 0 Å². The van der Waals surface area contributed by atoms with E-state index in [2.05, 4.69) is 22.2 Å². The summed E-state index contributed by atoms with van der Waals surface area (Å²) in [4.78, 5) is 19.5. The molecule has 2 aromatic carbocycles. The van der Waals surface area contributed by atoms with Crippen molar-refractivity contribution in [1.29, 1.82) is 0 Å². The molecule has 5 rings (SSSR count). The lowest BCUT2D eigenvalue weighted by Gasteiger charge is -2.34. The first-order chi connectivity index (χ1) is 14.2. The summed E-state index contributed by atoms with van der Waals surface area (Å²) in [5, 5.41) is 4.32. The zero-order valence-electron chi connectivity index (χ0n) is 16.0. The molecule has 0 radical (unpaired) electrons. The molecule has 0 bridgehead atoms. The highest BCUT2D eigenvalue weighted by molar-refractivity contribution is 5.92. The third-order valence-electron chi connectivity index (χ3n) is 5.35. The number of aromatic nitrogens is 3. The number of fused-ring (bicyclic) bond motifs is 1. The van der Waals surface area contributed by atoms with Crippen LogP contribution < -0.4 is 0 Å². The fourth-order valence-electron chi connectivity index (χ4n) is 3.91. The number of hydrogen-bond donors (Lipinski definition) is 0. The maximum absolute atomic E-state index is 13.2. The Morgan fingerprint density at radius 2 is 1.90 bits per heavy atom. The lowest BCUT2D eigenvalue weighted by atomic mass is 9.86. The average molecular weight is 384 g/mol. The van der Waals surface area contributed by atoms with Crippen LogP contribution >= 0.6 is 0 Å². The first kappa shape index (κ1) is 17.4. The van der Waals surface area contributed by atoms with Crippen LogP contribution in [0.15, 0.2) is 77.7 Å². The summed E-state index contributed by atoms with van der Waals surface area (Å²) < 4.78 is 7.37. The Labute approximate surface area is 168 Å². The molecular weight excluding hydrogens is 364 g/mol. The van der Waals surface area contributed by atoms with Crippen LogP contribution in [0.25, 0.3) is 11.5 Å². The standard InChI is InChI=1S/C23H20N4O2/c1-26-12-18(11-24-26)20-14-27(13-17-9-5-6-10-19(17)20)23(28)21-15-29-22(25-21)16-7-3-2-4-8-16/h2-12,15,20H,13-14H2,1H3. The fourth-order valence-corrected chi connectivity index (χ4v) is 3.91. The monoisotopic (exact) mass is 384 g/mol. The molecule has 0 saturated carbocycles. The van der Waals surface area contributed by atoms with E-state index in [1.807, 2.05) is 66.8 Å². The molecule has 0 fully saturated rings. The number of rotatable bonds is 3. The second-order valence-corrected chi connectivity index (χ2v) is 7.29. The number of amides is 1. The first-order valence-electron chi connectivity index (χ1n) is 9.55. The van der Waals surface area contributed by atoms with Crippen LogP contribution in [0.1, 0.15) is 33.1 Å². The predicted octanol–water partition coefficient (Wildman–Crippen LogP) is 3.86. The largest absolute Gasteiger partial charge is 0.444 e. The van der Waals surface area contributed by atoms with Crippen molar-refractivity contribution in [3.05, 3.63) is 95.6 Å². The van der Waals surface area contributed by atoms with Gasteiger partial charge in [-0.05, 0) is 28.8 Å². The summed E-state index contributed by atoms with van der Waals surface area (Å²) in [7, 11) is 1.90. The summed E-state index contributed by atoms with van der Waals surface area (Å²) in [6.45, 7) is 1.13. The van der Waals surface area contributed by atoms with Gasteiger partial charge in [0, 0.05) is 37.8 Å². The van der Waals surface area contributed by atoms with Crippen LogP contribution in [0.5, 0.6) is 0 Å². The van der Waals surface area contributed by atoms with Crippen LogP contribution in [-0.4, -0.2) is 32.1 Å². The van der Waals surface area contributed by atoms with Crippen molar-refractivity contribution < 1.29 is 9.21 Å². The minimum atomic E-state index is -0.126. The summed E-state index contributed by atoms with van der Waals surface area (Å²) in [6, 6.07) is 17.9. The number of oxazole rings is 1. The fraction of sp³-hybridized carbons (Fsp3) is 0.174. The van der Waals surface area contributed by atoms with Crippen LogP contribution in [-0.2, 0) is 13.6 Å². The highest BCUT2D eigenvalue weighted by Crippen LogP contribution is 2.34. The molecule has 0 saturated heterocycles. The van der Waals surface area contributed by atoms with Gasteiger partial charge in [0.2, 0.25) is 5.89 Å². The lowest BCUT2D eigenvalue weighted by molar-refractivity contribution is 0.0719. The second-order valence-electron chi connectivity index (χ2n) is 7.29. The molecule has 3 heterocycles. The van der Waals surface area contributed by atoms with Crippen LogP contribution in [0.2, 0.25) is 0 Å². The molecule has 0 N–H and O–H groups in total. The third-order valence-corrected chi connectivity index (χ3v) is 5.35. The van der Waals surface area contributed by atoms with Gasteiger partial charge in [0.05, 0.1) is 6.20 Å². The Morgan fingerprint density at radius 3 is 2.69 bits per heavy atom. The molecule has 0 aliphatic carbocycles. The van der Waals surface area contributed by atoms with Gasteiger partial charge < -0.3 is 9.32 Å². The summed E-state index contributed by atoms with van der Waals surface area (Å²) in [6.07, 6.45) is 5.34. The number of carbonyl (C=O) groups excluding carboxylic acids is 1. The normalized spacial score (nSPS) is 15.9. The van der Waals surface area contributed by atoms with Crippen molar-refractivity contribution in [3.8, 4) is 11.5 Å². The van der Waals surface area contributed by atoms with Crippen LogP contribution in [0.4, 0.5) is 0 Å². The van der Waals surface area contributed by atoms with Crippen molar-refractivity contribution >= 4 is 5.91 Å². The number of hydrogen-bond acceptors (Lipinski definition) is 4. The summed E-state index contributed by atoms with van der Waals surface area (Å²) in [5.74, 6) is 0.410. The molecule has 1 atom stereocenters. The van der Waals surface area contributed by atoms with Gasteiger partial charge in [-0.2, -0.15) is 5.10 Å². The third kappa shape index (κ3) is 3.23. The Morgan fingerprint density at radius 1 is 1.10 bits per heavy atom. The van der Waals surface area contributed by atoms with Gasteiger partial charge >= 0.3 is 0 Å². The quantitative estimate of drug-likeness (QED) is 0.538. The number of carbonyl (C=O) groups is 1. The maximum Gasteiger partial charge on any atom is 0.276 e. The Hall–Kier alpha value is -3.67. The molecule has 2 aromatic heterocycles. The van der Waals surface area contributed by atoms with Crippen molar-refractivity contribution in [2.75, 3.05) is 6.54 Å². The van der Waals surface area contributed by atoms with E-state index in [1.165, 1.54) is 11.8 Å². The van der Waals surface area contributed by atoms with Gasteiger partial charge in [0.1, 0.15) is 6.26 Å². The van der Waals surface area contributed by atoms with Gasteiger partial charge in [0.25, 0.3) is 5.91 Å². The van der Waals surface area contributed by atoms with Crippen LogP contribution in [0.3, 0.4) is 0 Å². The first-order valence-corrected chi connectivity index (χ1v) is 9.55. The van der Waals surface area contributed by atoms with E-state index in [9.17, 15) is 4.79 Å². The molecule has 1 amide bonds. The molecule has 6 nitrogen and oxygen atoms in total. The van der Waals surface area contributed by atoms with Crippen molar-refractivity contribution in [2.24, 2.45) is 7.05 Å². The number of nitrogens with zero attached hydrogens (tertiary/aromatic N) is 4. The van der Waals surface area contributed by atoms with Gasteiger partial charge in [0.15, 0.2) is 5.69 Å². The lowest BCUT2D eigenvalue weighted by Crippen LogP contribution is -2.38. The highest BCUT2D eigenvalue weighted by atomic mass is 16.3. The minimum absolute atomic E-state index is 0.0816. The van der Waals surface area contributed by atoms with Crippen molar-refractivity contribution in [3.63, 3.8) is 0 Å². The number of benzene rings is 2. The summed E-state index contributed by atoms with van der Waals surface area (Å²) in [5.41, 5.74) is 4.67. The molecule has 144 valence electrons. The van der Waals surface area contributed by atoms with Crippen molar-refractivity contribution in [2.45, 2.75) is 12.5 Å². The SMILES string of the molecule is Cn1cc(C2CN(C(=O)c3coc(-c4ccccc4)n3)Cc3ccccc32)cn1. The summed E-state index contributed by atoms with van der Waals surface area (Å²) >= 11 is 0.